The molecule has 4 nitrogen and oxygen atoms in total. The van der Waals surface area contributed by atoms with E-state index in [2.05, 4.69) is 9.80 Å². The minimum absolute atomic E-state index is 0.0642. The summed E-state index contributed by atoms with van der Waals surface area (Å²) >= 11 is 0. The third kappa shape index (κ3) is 4.45. The summed E-state index contributed by atoms with van der Waals surface area (Å²) in [5, 5.41) is 0. The highest BCUT2D eigenvalue weighted by molar-refractivity contribution is 5.16. The first-order valence-electron chi connectivity index (χ1n) is 10.2. The second-order valence-electron chi connectivity index (χ2n) is 8.09. The van der Waals surface area contributed by atoms with Crippen molar-refractivity contribution in [1.82, 2.24) is 9.80 Å². The Bertz CT molecular complexity index is 586. The molecule has 5 heteroatoms. The molecule has 3 aliphatic rings. The molecule has 3 heterocycles. The number of nitrogens with zero attached hydrogens (tertiary/aromatic N) is 2. The fourth-order valence-corrected chi connectivity index (χ4v) is 4.81. The molecule has 0 radical (unpaired) electrons. The normalized spacial score (nSPS) is 28.1. The first-order chi connectivity index (χ1) is 12.7. The van der Waals surface area contributed by atoms with Crippen LogP contribution in [-0.2, 0) is 16.0 Å². The van der Waals surface area contributed by atoms with E-state index >= 15 is 0 Å². The average molecular weight is 362 g/mol. The van der Waals surface area contributed by atoms with Gasteiger partial charge in [-0.15, -0.1) is 0 Å². The predicted molar refractivity (Wildman–Crippen MR) is 99.6 cm³/mol. The fourth-order valence-electron chi connectivity index (χ4n) is 4.81. The predicted octanol–water partition coefficient (Wildman–Crippen LogP) is 3.06. The maximum absolute atomic E-state index is 13.4. The molecule has 0 aliphatic carbocycles. The summed E-state index contributed by atoms with van der Waals surface area (Å²) in [6, 6.07) is 7.65. The van der Waals surface area contributed by atoms with Gasteiger partial charge in [0, 0.05) is 45.5 Å². The van der Waals surface area contributed by atoms with Crippen molar-refractivity contribution in [2.75, 3.05) is 46.0 Å². The molecular formula is C21H31FN2O2. The number of halogens is 1. The Balaban J connectivity index is 1.33. The van der Waals surface area contributed by atoms with E-state index in [4.69, 9.17) is 9.47 Å². The zero-order valence-corrected chi connectivity index (χ0v) is 15.7. The van der Waals surface area contributed by atoms with Crippen LogP contribution in [0.3, 0.4) is 0 Å². The molecule has 0 amide bonds. The van der Waals surface area contributed by atoms with Crippen molar-refractivity contribution in [1.29, 1.82) is 0 Å². The van der Waals surface area contributed by atoms with Gasteiger partial charge >= 0.3 is 0 Å². The van der Waals surface area contributed by atoms with Gasteiger partial charge in [0.2, 0.25) is 0 Å². The molecule has 26 heavy (non-hydrogen) atoms. The van der Waals surface area contributed by atoms with E-state index in [0.717, 1.165) is 83.8 Å². The van der Waals surface area contributed by atoms with Gasteiger partial charge in [0.25, 0.3) is 0 Å². The summed E-state index contributed by atoms with van der Waals surface area (Å²) in [5.41, 5.74) is 1.14. The summed E-state index contributed by atoms with van der Waals surface area (Å²) in [6.07, 6.45) is 5.57. The second-order valence-corrected chi connectivity index (χ2v) is 8.09. The monoisotopic (exact) mass is 362 g/mol. The quantitative estimate of drug-likeness (QED) is 0.825. The minimum atomic E-state index is -0.136. The Hall–Kier alpha value is -1.01. The van der Waals surface area contributed by atoms with Crippen molar-refractivity contribution >= 4 is 0 Å². The van der Waals surface area contributed by atoms with Crippen molar-refractivity contribution in [3.63, 3.8) is 0 Å². The molecule has 3 fully saturated rings. The van der Waals surface area contributed by atoms with Crippen LogP contribution in [0.15, 0.2) is 24.3 Å². The highest BCUT2D eigenvalue weighted by atomic mass is 19.1. The van der Waals surface area contributed by atoms with E-state index in [9.17, 15) is 4.39 Å². The van der Waals surface area contributed by atoms with Gasteiger partial charge in [0.1, 0.15) is 5.82 Å². The van der Waals surface area contributed by atoms with E-state index < -0.39 is 0 Å². The SMILES string of the molecule is Fc1cccc(CN2CCCN([C@@H]3CCOC4(CCOCC4)C3)CC2)c1. The number of rotatable bonds is 3. The molecule has 1 aromatic carbocycles. The summed E-state index contributed by atoms with van der Waals surface area (Å²) in [7, 11) is 0. The van der Waals surface area contributed by atoms with Gasteiger partial charge in [0.05, 0.1) is 5.60 Å². The molecule has 0 saturated carbocycles. The van der Waals surface area contributed by atoms with Crippen LogP contribution in [0.2, 0.25) is 0 Å². The Kier molecular flexibility index (Phi) is 5.89. The van der Waals surface area contributed by atoms with Crippen molar-refractivity contribution in [3.8, 4) is 0 Å². The molecule has 0 N–H and O–H groups in total. The van der Waals surface area contributed by atoms with Crippen LogP contribution >= 0.6 is 0 Å². The Labute approximate surface area is 156 Å². The number of ether oxygens (including phenoxy) is 2. The molecule has 0 aromatic heterocycles. The second kappa shape index (κ2) is 8.34. The largest absolute Gasteiger partial charge is 0.381 e. The Morgan fingerprint density at radius 1 is 1.08 bits per heavy atom. The van der Waals surface area contributed by atoms with Gasteiger partial charge in [-0.05, 0) is 62.9 Å². The number of benzene rings is 1. The van der Waals surface area contributed by atoms with Gasteiger partial charge in [-0.25, -0.2) is 4.39 Å². The van der Waals surface area contributed by atoms with Crippen LogP contribution in [-0.4, -0.2) is 67.4 Å². The molecule has 4 rings (SSSR count). The van der Waals surface area contributed by atoms with E-state index in [0.29, 0.717) is 6.04 Å². The minimum Gasteiger partial charge on any atom is -0.381 e. The topological polar surface area (TPSA) is 24.9 Å². The van der Waals surface area contributed by atoms with Crippen molar-refractivity contribution in [3.05, 3.63) is 35.6 Å². The molecule has 1 aromatic rings. The lowest BCUT2D eigenvalue weighted by molar-refractivity contribution is -0.151. The van der Waals surface area contributed by atoms with Gasteiger partial charge in [-0.2, -0.15) is 0 Å². The zero-order valence-electron chi connectivity index (χ0n) is 15.7. The van der Waals surface area contributed by atoms with E-state index in [1.807, 2.05) is 12.1 Å². The molecule has 0 unspecified atom stereocenters. The maximum Gasteiger partial charge on any atom is 0.123 e. The van der Waals surface area contributed by atoms with E-state index in [1.165, 1.54) is 12.5 Å². The summed E-state index contributed by atoms with van der Waals surface area (Å²) in [4.78, 5) is 5.16. The van der Waals surface area contributed by atoms with Gasteiger partial charge in [0.15, 0.2) is 0 Å². The van der Waals surface area contributed by atoms with E-state index in [1.54, 1.807) is 6.07 Å². The maximum atomic E-state index is 13.4. The third-order valence-electron chi connectivity index (χ3n) is 6.31. The highest BCUT2D eigenvalue weighted by Gasteiger charge is 2.40. The molecule has 3 saturated heterocycles. The van der Waals surface area contributed by atoms with E-state index in [-0.39, 0.29) is 11.4 Å². The summed E-state index contributed by atoms with van der Waals surface area (Å²) in [5.74, 6) is -0.136. The van der Waals surface area contributed by atoms with Crippen molar-refractivity contribution in [2.24, 2.45) is 0 Å². The lowest BCUT2D eigenvalue weighted by Gasteiger charge is -2.46. The zero-order chi connectivity index (χ0) is 17.8. The smallest absolute Gasteiger partial charge is 0.123 e. The van der Waals surface area contributed by atoms with Gasteiger partial charge in [-0.3, -0.25) is 9.80 Å². The van der Waals surface area contributed by atoms with Crippen LogP contribution in [0.1, 0.15) is 37.7 Å². The summed E-state index contributed by atoms with van der Waals surface area (Å²) in [6.45, 7) is 7.83. The molecule has 144 valence electrons. The third-order valence-corrected chi connectivity index (χ3v) is 6.31. The lowest BCUT2D eigenvalue weighted by atomic mass is 9.83. The number of hydrogen-bond acceptors (Lipinski definition) is 4. The molecular weight excluding hydrogens is 331 g/mol. The highest BCUT2D eigenvalue weighted by Crippen LogP contribution is 2.36. The standard InChI is InChI=1S/C21H31FN2O2/c22-19-4-1-3-18(15-19)17-23-8-2-9-24(11-10-23)20-5-12-26-21(16-20)6-13-25-14-7-21/h1,3-4,15,20H,2,5-14,16-17H2/t20-/m1/s1. The number of hydrogen-bond donors (Lipinski definition) is 0. The van der Waals surface area contributed by atoms with Crippen LogP contribution in [0.5, 0.6) is 0 Å². The van der Waals surface area contributed by atoms with Crippen LogP contribution in [0, 0.1) is 5.82 Å². The first-order valence-corrected chi connectivity index (χ1v) is 10.2. The Morgan fingerprint density at radius 3 is 2.81 bits per heavy atom. The molecule has 0 bridgehead atoms. The molecule has 1 spiro atoms. The molecule has 3 aliphatic heterocycles. The van der Waals surface area contributed by atoms with Gasteiger partial charge in [-0.1, -0.05) is 12.1 Å². The van der Waals surface area contributed by atoms with Crippen molar-refractivity contribution < 1.29 is 13.9 Å². The summed E-state index contributed by atoms with van der Waals surface area (Å²) < 4.78 is 25.2. The Morgan fingerprint density at radius 2 is 1.96 bits per heavy atom. The van der Waals surface area contributed by atoms with Crippen LogP contribution in [0.4, 0.5) is 4.39 Å². The van der Waals surface area contributed by atoms with Crippen molar-refractivity contribution in [2.45, 2.75) is 50.3 Å². The fraction of sp³-hybridized carbons (Fsp3) is 0.714. The lowest BCUT2D eigenvalue weighted by Crippen LogP contribution is -2.51. The first kappa shape index (κ1) is 18.4. The van der Waals surface area contributed by atoms with Crippen LogP contribution in [0.25, 0.3) is 0 Å². The van der Waals surface area contributed by atoms with Crippen LogP contribution < -0.4 is 0 Å². The molecule has 1 atom stereocenters. The van der Waals surface area contributed by atoms with Gasteiger partial charge < -0.3 is 9.47 Å². The average Bonchev–Trinajstić information content (AvgIpc) is 2.88.